The van der Waals surface area contributed by atoms with Crippen molar-refractivity contribution in [1.82, 2.24) is 15.2 Å². The number of aromatic nitrogens is 1. The predicted molar refractivity (Wildman–Crippen MR) is 126 cm³/mol. The molecule has 4 rings (SSSR count). The summed E-state index contributed by atoms with van der Waals surface area (Å²) in [7, 11) is 0. The molecule has 0 spiro atoms. The average molecular weight is 434 g/mol. The first kappa shape index (κ1) is 22.5. The van der Waals surface area contributed by atoms with E-state index in [0.29, 0.717) is 12.3 Å². The summed E-state index contributed by atoms with van der Waals surface area (Å²) >= 11 is 0. The number of aryl methyl sites for hydroxylation is 1. The van der Waals surface area contributed by atoms with Crippen molar-refractivity contribution in [3.63, 3.8) is 0 Å². The molecule has 1 aliphatic carbocycles. The number of carbonyl (C=O) groups excluding carboxylic acids is 2. The zero-order valence-electron chi connectivity index (χ0n) is 18.9. The van der Waals surface area contributed by atoms with Crippen LogP contribution in [0.25, 0.3) is 0 Å². The van der Waals surface area contributed by atoms with Crippen molar-refractivity contribution in [2.75, 3.05) is 13.1 Å². The van der Waals surface area contributed by atoms with Gasteiger partial charge in [-0.1, -0.05) is 55.7 Å². The number of pyridine rings is 1. The van der Waals surface area contributed by atoms with Crippen LogP contribution >= 0.6 is 0 Å². The molecule has 1 aliphatic heterocycles. The van der Waals surface area contributed by atoms with Gasteiger partial charge in [0.15, 0.2) is 0 Å². The quantitative estimate of drug-likeness (QED) is 0.700. The Kier molecular flexibility index (Phi) is 7.92. The molecular formula is C27H35N3O2. The number of piperidine rings is 1. The van der Waals surface area contributed by atoms with Crippen LogP contribution in [-0.2, 0) is 16.0 Å². The molecular weight excluding hydrogens is 398 g/mol. The van der Waals surface area contributed by atoms with Gasteiger partial charge in [-0.05, 0) is 55.2 Å². The average Bonchev–Trinajstić information content (AvgIpc) is 2.85. The lowest BCUT2D eigenvalue weighted by Gasteiger charge is -2.35. The molecule has 1 aromatic carbocycles. The molecule has 2 amide bonds. The number of nitrogens with zero attached hydrogens (tertiary/aromatic N) is 2. The molecule has 1 saturated carbocycles. The van der Waals surface area contributed by atoms with Gasteiger partial charge in [0, 0.05) is 37.9 Å². The summed E-state index contributed by atoms with van der Waals surface area (Å²) in [6.45, 7) is 1.44. The van der Waals surface area contributed by atoms with Gasteiger partial charge in [0.25, 0.3) is 0 Å². The number of carbonyl (C=O) groups is 2. The minimum Gasteiger partial charge on any atom is -0.353 e. The van der Waals surface area contributed by atoms with E-state index < -0.39 is 0 Å². The molecule has 1 aromatic heterocycles. The van der Waals surface area contributed by atoms with Crippen LogP contribution in [0, 0.1) is 5.92 Å². The second kappa shape index (κ2) is 11.3. The van der Waals surface area contributed by atoms with Gasteiger partial charge in [-0.15, -0.1) is 0 Å². The maximum absolute atomic E-state index is 13.4. The van der Waals surface area contributed by atoms with Crippen LogP contribution in [0.2, 0.25) is 0 Å². The Morgan fingerprint density at radius 1 is 0.969 bits per heavy atom. The SMILES string of the molecule is O=C(NC1CCN(C(=O)CCc2cccnc2)CC1)[C@@H](c1ccccc1)C1CCCCC1. The molecule has 170 valence electrons. The van der Waals surface area contributed by atoms with E-state index in [-0.39, 0.29) is 23.8 Å². The van der Waals surface area contributed by atoms with Crippen LogP contribution in [0.1, 0.15) is 68.4 Å². The summed E-state index contributed by atoms with van der Waals surface area (Å²) < 4.78 is 0. The Balaban J connectivity index is 1.29. The highest BCUT2D eigenvalue weighted by molar-refractivity contribution is 5.84. The molecule has 2 heterocycles. The first-order valence-corrected chi connectivity index (χ1v) is 12.2. The van der Waals surface area contributed by atoms with Gasteiger partial charge in [-0.25, -0.2) is 0 Å². The molecule has 2 fully saturated rings. The number of rotatable bonds is 7. The van der Waals surface area contributed by atoms with E-state index in [1.54, 1.807) is 6.20 Å². The van der Waals surface area contributed by atoms with E-state index in [4.69, 9.17) is 0 Å². The van der Waals surface area contributed by atoms with Crippen LogP contribution in [-0.4, -0.2) is 40.8 Å². The van der Waals surface area contributed by atoms with Gasteiger partial charge in [0.1, 0.15) is 0 Å². The third kappa shape index (κ3) is 5.96. The molecule has 2 aliphatic rings. The van der Waals surface area contributed by atoms with E-state index >= 15 is 0 Å². The fourth-order valence-electron chi connectivity index (χ4n) is 5.29. The molecule has 5 nitrogen and oxygen atoms in total. The minimum absolute atomic E-state index is 0.0596. The zero-order chi connectivity index (χ0) is 22.2. The van der Waals surface area contributed by atoms with Gasteiger partial charge in [-0.3, -0.25) is 14.6 Å². The molecule has 0 radical (unpaired) electrons. The van der Waals surface area contributed by atoms with Crippen molar-refractivity contribution >= 4 is 11.8 Å². The second-order valence-corrected chi connectivity index (χ2v) is 9.31. The van der Waals surface area contributed by atoms with Crippen molar-refractivity contribution in [3.8, 4) is 0 Å². The fourth-order valence-corrected chi connectivity index (χ4v) is 5.29. The topological polar surface area (TPSA) is 62.3 Å². The highest BCUT2D eigenvalue weighted by atomic mass is 16.2. The van der Waals surface area contributed by atoms with Crippen molar-refractivity contribution in [1.29, 1.82) is 0 Å². The first-order valence-electron chi connectivity index (χ1n) is 12.2. The van der Waals surface area contributed by atoms with Crippen LogP contribution in [0.5, 0.6) is 0 Å². The highest BCUT2D eigenvalue weighted by Gasteiger charge is 2.33. The monoisotopic (exact) mass is 433 g/mol. The summed E-state index contributed by atoms with van der Waals surface area (Å²) in [5.74, 6) is 0.739. The number of hydrogen-bond acceptors (Lipinski definition) is 3. The van der Waals surface area contributed by atoms with E-state index in [2.05, 4.69) is 22.4 Å². The van der Waals surface area contributed by atoms with Gasteiger partial charge in [-0.2, -0.15) is 0 Å². The van der Waals surface area contributed by atoms with Crippen LogP contribution in [0.15, 0.2) is 54.9 Å². The standard InChI is InChI=1S/C27H35N3O2/c31-25(14-13-21-8-7-17-28-20-21)30-18-15-24(16-19-30)29-27(32)26(22-9-3-1-4-10-22)23-11-5-2-6-12-23/h1,3-4,7-10,17,20,23-24,26H,2,5-6,11-16,18-19H2,(H,29,32)/t26-/m0/s1. The van der Waals surface area contributed by atoms with Gasteiger partial charge >= 0.3 is 0 Å². The lowest BCUT2D eigenvalue weighted by Crippen LogP contribution is -2.48. The molecule has 0 bridgehead atoms. The molecule has 5 heteroatoms. The Morgan fingerprint density at radius 2 is 1.72 bits per heavy atom. The highest BCUT2D eigenvalue weighted by Crippen LogP contribution is 2.36. The molecule has 1 atom stereocenters. The first-order chi connectivity index (χ1) is 15.7. The number of benzene rings is 1. The summed E-state index contributed by atoms with van der Waals surface area (Å²) in [4.78, 5) is 32.1. The predicted octanol–water partition coefficient (Wildman–Crippen LogP) is 4.49. The molecule has 0 unspecified atom stereocenters. The van der Waals surface area contributed by atoms with E-state index in [9.17, 15) is 9.59 Å². The largest absolute Gasteiger partial charge is 0.353 e. The number of amides is 2. The van der Waals surface area contributed by atoms with Crippen molar-refractivity contribution < 1.29 is 9.59 Å². The molecule has 1 N–H and O–H groups in total. The Morgan fingerprint density at radius 3 is 2.41 bits per heavy atom. The summed E-state index contributed by atoms with van der Waals surface area (Å²) in [5.41, 5.74) is 2.23. The zero-order valence-corrected chi connectivity index (χ0v) is 18.9. The fraction of sp³-hybridized carbons (Fsp3) is 0.519. The van der Waals surface area contributed by atoms with Crippen LogP contribution in [0.4, 0.5) is 0 Å². The summed E-state index contributed by atoms with van der Waals surface area (Å²) in [5, 5.41) is 3.35. The molecule has 2 aromatic rings. The van der Waals surface area contributed by atoms with E-state index in [1.807, 2.05) is 41.4 Å². The van der Waals surface area contributed by atoms with Gasteiger partial charge in [0.05, 0.1) is 5.92 Å². The van der Waals surface area contributed by atoms with Crippen LogP contribution in [0.3, 0.4) is 0 Å². The number of likely N-dealkylation sites (tertiary alicyclic amines) is 1. The molecule has 32 heavy (non-hydrogen) atoms. The smallest absolute Gasteiger partial charge is 0.228 e. The van der Waals surface area contributed by atoms with Crippen molar-refractivity contribution in [2.45, 2.75) is 69.7 Å². The van der Waals surface area contributed by atoms with E-state index in [1.165, 1.54) is 19.3 Å². The normalized spacial score (nSPS) is 18.8. The Hall–Kier alpha value is -2.69. The van der Waals surface area contributed by atoms with Gasteiger partial charge in [0.2, 0.25) is 11.8 Å². The number of nitrogens with one attached hydrogen (secondary N) is 1. The Labute approximate surface area is 191 Å². The van der Waals surface area contributed by atoms with Gasteiger partial charge < -0.3 is 10.2 Å². The third-order valence-electron chi connectivity index (χ3n) is 7.11. The van der Waals surface area contributed by atoms with Crippen molar-refractivity contribution in [2.24, 2.45) is 5.92 Å². The lowest BCUT2D eigenvalue weighted by molar-refractivity contribution is -0.132. The summed E-state index contributed by atoms with van der Waals surface area (Å²) in [6, 6.07) is 14.4. The van der Waals surface area contributed by atoms with Crippen molar-refractivity contribution in [3.05, 3.63) is 66.0 Å². The van der Waals surface area contributed by atoms with Crippen LogP contribution < -0.4 is 5.32 Å². The maximum Gasteiger partial charge on any atom is 0.228 e. The third-order valence-corrected chi connectivity index (χ3v) is 7.11. The molecule has 1 saturated heterocycles. The minimum atomic E-state index is -0.0596. The summed E-state index contributed by atoms with van der Waals surface area (Å²) in [6.07, 6.45) is 12.5. The second-order valence-electron chi connectivity index (χ2n) is 9.31. The maximum atomic E-state index is 13.4. The Bertz CT molecular complexity index is 857. The lowest BCUT2D eigenvalue weighted by atomic mass is 9.76. The number of hydrogen-bond donors (Lipinski definition) is 1. The van der Waals surface area contributed by atoms with E-state index in [0.717, 1.165) is 56.3 Å².